The standard InChI is InChI=1S/C11H24O/c1-6-7-11(5,8-12)10(4)9(2)3/h9-10,12H,6-8H2,1-5H3. The maximum atomic E-state index is 9.34. The molecule has 12 heavy (non-hydrogen) atoms. The van der Waals surface area contributed by atoms with E-state index in [1.807, 2.05) is 0 Å². The fourth-order valence-electron chi connectivity index (χ4n) is 1.83. The SMILES string of the molecule is CCCC(C)(CO)C(C)C(C)C. The van der Waals surface area contributed by atoms with Crippen molar-refractivity contribution in [3.05, 3.63) is 0 Å². The summed E-state index contributed by atoms with van der Waals surface area (Å²) in [6.45, 7) is 11.4. The molecule has 0 fully saturated rings. The summed E-state index contributed by atoms with van der Waals surface area (Å²) in [7, 11) is 0. The third-order valence-electron chi connectivity index (χ3n) is 3.28. The van der Waals surface area contributed by atoms with Crippen LogP contribution in [0.2, 0.25) is 0 Å². The molecule has 74 valence electrons. The van der Waals surface area contributed by atoms with E-state index < -0.39 is 0 Å². The van der Waals surface area contributed by atoms with Gasteiger partial charge in [-0.2, -0.15) is 0 Å². The first kappa shape index (κ1) is 12.0. The van der Waals surface area contributed by atoms with Crippen molar-refractivity contribution in [2.45, 2.75) is 47.5 Å². The lowest BCUT2D eigenvalue weighted by atomic mass is 9.70. The number of aliphatic hydroxyl groups excluding tert-OH is 1. The van der Waals surface area contributed by atoms with Gasteiger partial charge in [0.05, 0.1) is 0 Å². The zero-order chi connectivity index (χ0) is 9.78. The molecule has 2 atom stereocenters. The first-order valence-electron chi connectivity index (χ1n) is 5.08. The van der Waals surface area contributed by atoms with Crippen molar-refractivity contribution in [2.24, 2.45) is 17.3 Å². The first-order valence-corrected chi connectivity index (χ1v) is 5.08. The maximum absolute atomic E-state index is 9.34. The summed E-state index contributed by atoms with van der Waals surface area (Å²) in [5.74, 6) is 1.26. The van der Waals surface area contributed by atoms with Crippen LogP contribution in [0.5, 0.6) is 0 Å². The Balaban J connectivity index is 4.28. The van der Waals surface area contributed by atoms with Crippen molar-refractivity contribution in [2.75, 3.05) is 6.61 Å². The second-order valence-corrected chi connectivity index (χ2v) is 4.59. The van der Waals surface area contributed by atoms with Gasteiger partial charge >= 0.3 is 0 Å². The normalized spacial score (nSPS) is 19.2. The van der Waals surface area contributed by atoms with E-state index in [4.69, 9.17) is 0 Å². The molecule has 1 N–H and O–H groups in total. The Morgan fingerprint density at radius 3 is 2.00 bits per heavy atom. The van der Waals surface area contributed by atoms with E-state index >= 15 is 0 Å². The predicted octanol–water partition coefficient (Wildman–Crippen LogP) is 3.08. The van der Waals surface area contributed by atoms with Crippen LogP contribution in [0.1, 0.15) is 47.5 Å². The highest BCUT2D eigenvalue weighted by atomic mass is 16.3. The molecule has 0 bridgehead atoms. The van der Waals surface area contributed by atoms with Crippen molar-refractivity contribution < 1.29 is 5.11 Å². The highest BCUT2D eigenvalue weighted by Gasteiger charge is 2.31. The third-order valence-corrected chi connectivity index (χ3v) is 3.28. The zero-order valence-corrected chi connectivity index (χ0v) is 9.22. The molecule has 2 unspecified atom stereocenters. The molecule has 0 aliphatic carbocycles. The summed E-state index contributed by atoms with van der Waals surface area (Å²) in [5, 5.41) is 9.34. The van der Waals surface area contributed by atoms with Crippen LogP contribution in [-0.4, -0.2) is 11.7 Å². The largest absolute Gasteiger partial charge is 0.396 e. The van der Waals surface area contributed by atoms with Crippen LogP contribution >= 0.6 is 0 Å². The summed E-state index contributed by atoms with van der Waals surface area (Å²) >= 11 is 0. The van der Waals surface area contributed by atoms with Gasteiger partial charge in [-0.05, 0) is 23.7 Å². The van der Waals surface area contributed by atoms with E-state index in [0.717, 1.165) is 12.8 Å². The summed E-state index contributed by atoms with van der Waals surface area (Å²) < 4.78 is 0. The van der Waals surface area contributed by atoms with Gasteiger partial charge in [-0.3, -0.25) is 0 Å². The molecule has 0 aromatic carbocycles. The van der Waals surface area contributed by atoms with E-state index in [1.54, 1.807) is 0 Å². The molecule has 0 aliphatic rings. The summed E-state index contributed by atoms with van der Waals surface area (Å²) in [4.78, 5) is 0. The highest BCUT2D eigenvalue weighted by molar-refractivity contribution is 4.80. The Morgan fingerprint density at radius 1 is 1.25 bits per heavy atom. The average Bonchev–Trinajstić information content (AvgIpc) is 2.03. The third kappa shape index (κ3) is 2.78. The lowest BCUT2D eigenvalue weighted by Crippen LogP contribution is -2.32. The van der Waals surface area contributed by atoms with Gasteiger partial charge in [0.2, 0.25) is 0 Å². The average molecular weight is 172 g/mol. The van der Waals surface area contributed by atoms with Crippen LogP contribution in [-0.2, 0) is 0 Å². The number of hydrogen-bond acceptors (Lipinski definition) is 1. The molecule has 0 aliphatic heterocycles. The Kier molecular flexibility index (Phi) is 4.84. The zero-order valence-electron chi connectivity index (χ0n) is 9.22. The predicted molar refractivity (Wildman–Crippen MR) is 54.1 cm³/mol. The Morgan fingerprint density at radius 2 is 1.75 bits per heavy atom. The second-order valence-electron chi connectivity index (χ2n) is 4.59. The van der Waals surface area contributed by atoms with E-state index in [9.17, 15) is 5.11 Å². The van der Waals surface area contributed by atoms with Gasteiger partial charge in [-0.15, -0.1) is 0 Å². The van der Waals surface area contributed by atoms with E-state index in [1.165, 1.54) is 0 Å². The topological polar surface area (TPSA) is 20.2 Å². The van der Waals surface area contributed by atoms with Crippen molar-refractivity contribution in [3.8, 4) is 0 Å². The van der Waals surface area contributed by atoms with Gasteiger partial charge in [0, 0.05) is 6.61 Å². The Labute approximate surface area is 77.2 Å². The monoisotopic (exact) mass is 172 g/mol. The van der Waals surface area contributed by atoms with Gasteiger partial charge in [-0.25, -0.2) is 0 Å². The van der Waals surface area contributed by atoms with Crippen LogP contribution in [0.3, 0.4) is 0 Å². The second kappa shape index (κ2) is 4.86. The quantitative estimate of drug-likeness (QED) is 0.675. The van der Waals surface area contributed by atoms with E-state index in [0.29, 0.717) is 18.4 Å². The van der Waals surface area contributed by atoms with E-state index in [2.05, 4.69) is 34.6 Å². The molecular weight excluding hydrogens is 148 g/mol. The molecule has 1 nitrogen and oxygen atoms in total. The summed E-state index contributed by atoms with van der Waals surface area (Å²) in [6.07, 6.45) is 2.29. The van der Waals surface area contributed by atoms with Gasteiger partial charge < -0.3 is 5.11 Å². The van der Waals surface area contributed by atoms with E-state index in [-0.39, 0.29) is 5.41 Å². The van der Waals surface area contributed by atoms with Gasteiger partial charge in [0.25, 0.3) is 0 Å². The van der Waals surface area contributed by atoms with Crippen LogP contribution in [0.25, 0.3) is 0 Å². The van der Waals surface area contributed by atoms with Crippen molar-refractivity contribution >= 4 is 0 Å². The molecule has 0 amide bonds. The lowest BCUT2D eigenvalue weighted by molar-refractivity contribution is 0.0536. The number of aliphatic hydroxyl groups is 1. The molecule has 0 rings (SSSR count). The van der Waals surface area contributed by atoms with Crippen LogP contribution in [0.15, 0.2) is 0 Å². The van der Waals surface area contributed by atoms with Crippen LogP contribution in [0, 0.1) is 17.3 Å². The van der Waals surface area contributed by atoms with Crippen molar-refractivity contribution in [3.63, 3.8) is 0 Å². The highest BCUT2D eigenvalue weighted by Crippen LogP contribution is 2.36. The number of rotatable bonds is 5. The lowest BCUT2D eigenvalue weighted by Gasteiger charge is -2.36. The Bertz CT molecular complexity index is 120. The van der Waals surface area contributed by atoms with Crippen LogP contribution < -0.4 is 0 Å². The van der Waals surface area contributed by atoms with Gasteiger partial charge in [0.1, 0.15) is 0 Å². The molecule has 0 radical (unpaired) electrons. The molecule has 0 aromatic rings. The summed E-state index contributed by atoms with van der Waals surface area (Å²) in [6, 6.07) is 0. The molecular formula is C11H24O. The van der Waals surface area contributed by atoms with Crippen LogP contribution in [0.4, 0.5) is 0 Å². The molecule has 0 saturated carbocycles. The molecule has 1 heteroatoms. The first-order chi connectivity index (χ1) is 5.48. The van der Waals surface area contributed by atoms with Crippen molar-refractivity contribution in [1.29, 1.82) is 0 Å². The maximum Gasteiger partial charge on any atom is 0.0487 e. The fourth-order valence-corrected chi connectivity index (χ4v) is 1.83. The molecule has 0 heterocycles. The minimum absolute atomic E-state index is 0.128. The minimum atomic E-state index is 0.128. The molecule has 0 spiro atoms. The van der Waals surface area contributed by atoms with Gasteiger partial charge in [-0.1, -0.05) is 41.0 Å². The summed E-state index contributed by atoms with van der Waals surface area (Å²) in [5.41, 5.74) is 0.128. The Hall–Kier alpha value is -0.0400. The minimum Gasteiger partial charge on any atom is -0.396 e. The van der Waals surface area contributed by atoms with Gasteiger partial charge in [0.15, 0.2) is 0 Å². The fraction of sp³-hybridized carbons (Fsp3) is 1.00. The van der Waals surface area contributed by atoms with Crippen molar-refractivity contribution in [1.82, 2.24) is 0 Å². The molecule has 0 aromatic heterocycles. The number of hydrogen-bond donors (Lipinski definition) is 1. The smallest absolute Gasteiger partial charge is 0.0487 e. The molecule has 0 saturated heterocycles.